The zero-order chi connectivity index (χ0) is 30.9. The predicted molar refractivity (Wildman–Crippen MR) is 173 cm³/mol. The monoisotopic (exact) mass is 592 g/mol. The molecule has 4 N–H and O–H groups in total. The predicted octanol–water partition coefficient (Wildman–Crippen LogP) is 8.35. The molecule has 5 rings (SSSR count). The Balaban J connectivity index is 1.14. The van der Waals surface area contributed by atoms with Gasteiger partial charge in [-0.25, -0.2) is 9.59 Å². The lowest BCUT2D eigenvalue weighted by Crippen LogP contribution is -2.54. The van der Waals surface area contributed by atoms with Gasteiger partial charge in [-0.2, -0.15) is 0 Å². The molecule has 0 spiro atoms. The molecule has 0 radical (unpaired) electrons. The molecule has 6 heteroatoms. The van der Waals surface area contributed by atoms with Crippen LogP contribution >= 0.6 is 0 Å². The van der Waals surface area contributed by atoms with Crippen molar-refractivity contribution in [1.29, 1.82) is 0 Å². The lowest BCUT2D eigenvalue weighted by molar-refractivity contribution is -0.158. The van der Waals surface area contributed by atoms with Crippen LogP contribution in [-0.4, -0.2) is 18.0 Å². The minimum atomic E-state index is -0.688. The van der Waals surface area contributed by atoms with Gasteiger partial charge in [-0.05, 0) is 122 Å². The Hall–Kier alpha value is -2.50. The third kappa shape index (κ3) is 6.63. The summed E-state index contributed by atoms with van der Waals surface area (Å²) in [5.41, 5.74) is 13.2. The van der Waals surface area contributed by atoms with Gasteiger partial charge in [0.05, 0.1) is 5.69 Å². The van der Waals surface area contributed by atoms with E-state index in [1.165, 1.54) is 63.9 Å². The first-order valence-electron chi connectivity index (χ1n) is 17.2. The molecule has 0 aromatic heterocycles. The lowest BCUT2D eigenvalue weighted by atomic mass is 9.44. The molecule has 0 bridgehead atoms. The Morgan fingerprint density at radius 1 is 0.907 bits per heavy atom. The summed E-state index contributed by atoms with van der Waals surface area (Å²) in [5.74, 6) is 4.66. The third-order valence-corrected chi connectivity index (χ3v) is 12.7. The fourth-order valence-corrected chi connectivity index (χ4v) is 10.5. The smallest absolute Gasteiger partial charge is 0.336 e. The summed E-state index contributed by atoms with van der Waals surface area (Å²) in [4.78, 5) is 24.9. The maximum Gasteiger partial charge on any atom is 0.336 e. The van der Waals surface area contributed by atoms with Crippen molar-refractivity contribution in [3.63, 3.8) is 0 Å². The fourth-order valence-electron chi connectivity index (χ4n) is 10.5. The van der Waals surface area contributed by atoms with E-state index < -0.39 is 11.9 Å². The van der Waals surface area contributed by atoms with Crippen LogP contribution in [0.25, 0.3) is 0 Å². The number of hydrogen-bond donors (Lipinski definition) is 2. The fraction of sp³-hybridized carbons (Fsp3) is 0.730. The first kappa shape index (κ1) is 31.9. The highest BCUT2D eigenvalue weighted by Gasteiger charge is 2.60. The second kappa shape index (κ2) is 12.9. The van der Waals surface area contributed by atoms with Crippen LogP contribution in [0.3, 0.4) is 0 Å². The number of fused-ring (bicyclic) bond motifs is 5. The molecule has 9 unspecified atom stereocenters. The van der Waals surface area contributed by atoms with Crippen molar-refractivity contribution in [2.45, 2.75) is 118 Å². The summed E-state index contributed by atoms with van der Waals surface area (Å²) in [7, 11) is 0. The summed E-state index contributed by atoms with van der Waals surface area (Å²) in [6, 6.07) is 4.70. The van der Waals surface area contributed by atoms with Crippen LogP contribution in [0.2, 0.25) is 0 Å². The van der Waals surface area contributed by atoms with Gasteiger partial charge < -0.3 is 20.9 Å². The SMILES string of the molecule is CC(C)CCCC(C)C1CCC2C3CCC4CC(OC(=O)C=CC(=O)Oc5cc(N)ccc5N)CCC4(C)C3CCC12C. The molecule has 4 aliphatic carbocycles. The van der Waals surface area contributed by atoms with Crippen LogP contribution in [-0.2, 0) is 14.3 Å². The molecule has 0 aliphatic heterocycles. The highest BCUT2D eigenvalue weighted by molar-refractivity contribution is 5.93. The minimum Gasteiger partial charge on any atom is -0.459 e. The van der Waals surface area contributed by atoms with Gasteiger partial charge in [0, 0.05) is 23.9 Å². The van der Waals surface area contributed by atoms with E-state index in [0.29, 0.717) is 28.1 Å². The number of nitrogens with two attached hydrogens (primary N) is 2. The normalized spacial score (nSPS) is 36.0. The molecule has 4 aliphatic rings. The van der Waals surface area contributed by atoms with Gasteiger partial charge in [0.1, 0.15) is 6.10 Å². The first-order chi connectivity index (χ1) is 20.4. The molecule has 0 heterocycles. The number of rotatable bonds is 9. The lowest BCUT2D eigenvalue weighted by Gasteiger charge is -2.61. The number of carbonyl (C=O) groups is 2. The van der Waals surface area contributed by atoms with Crippen LogP contribution in [0.5, 0.6) is 5.75 Å². The average molecular weight is 593 g/mol. The number of carbonyl (C=O) groups excluding carboxylic acids is 2. The topological polar surface area (TPSA) is 105 Å². The Morgan fingerprint density at radius 2 is 1.63 bits per heavy atom. The van der Waals surface area contributed by atoms with Crippen LogP contribution in [0, 0.1) is 52.3 Å². The molecule has 0 amide bonds. The van der Waals surface area contributed by atoms with Crippen molar-refractivity contribution in [1.82, 2.24) is 0 Å². The highest BCUT2D eigenvalue weighted by Crippen LogP contribution is 2.68. The summed E-state index contributed by atoms with van der Waals surface area (Å²) in [5, 5.41) is 0. The second-order valence-electron chi connectivity index (χ2n) is 15.6. The van der Waals surface area contributed by atoms with Crippen molar-refractivity contribution >= 4 is 23.3 Å². The molecule has 9 atom stereocenters. The van der Waals surface area contributed by atoms with Gasteiger partial charge >= 0.3 is 11.9 Å². The van der Waals surface area contributed by atoms with Crippen molar-refractivity contribution in [3.05, 3.63) is 30.4 Å². The largest absolute Gasteiger partial charge is 0.459 e. The Kier molecular flexibility index (Phi) is 9.54. The first-order valence-corrected chi connectivity index (χ1v) is 17.2. The number of nitrogen functional groups attached to an aromatic ring is 2. The molecule has 43 heavy (non-hydrogen) atoms. The maximum atomic E-state index is 12.6. The molecular weight excluding hydrogens is 536 g/mol. The maximum absolute atomic E-state index is 12.6. The Bertz CT molecular complexity index is 1200. The summed E-state index contributed by atoms with van der Waals surface area (Å²) >= 11 is 0. The van der Waals surface area contributed by atoms with E-state index in [1.54, 1.807) is 12.1 Å². The molecule has 6 nitrogen and oxygen atoms in total. The number of esters is 2. The highest BCUT2D eigenvalue weighted by atomic mass is 16.5. The summed E-state index contributed by atoms with van der Waals surface area (Å²) < 4.78 is 11.1. The van der Waals surface area contributed by atoms with Crippen molar-refractivity contribution in [3.8, 4) is 5.75 Å². The quantitative estimate of drug-likeness (QED) is 0.129. The van der Waals surface area contributed by atoms with E-state index in [4.69, 9.17) is 20.9 Å². The van der Waals surface area contributed by atoms with E-state index in [-0.39, 0.29) is 11.9 Å². The van der Waals surface area contributed by atoms with E-state index >= 15 is 0 Å². The van der Waals surface area contributed by atoms with Crippen molar-refractivity contribution in [2.75, 3.05) is 11.5 Å². The molecule has 238 valence electrons. The van der Waals surface area contributed by atoms with Crippen LogP contribution in [0.1, 0.15) is 112 Å². The zero-order valence-electron chi connectivity index (χ0n) is 27.3. The number of benzene rings is 1. The van der Waals surface area contributed by atoms with Gasteiger partial charge in [0.25, 0.3) is 0 Å². The molecular formula is C37H56N2O4. The van der Waals surface area contributed by atoms with Crippen molar-refractivity contribution in [2.24, 2.45) is 52.3 Å². The summed E-state index contributed by atoms with van der Waals surface area (Å²) in [6.07, 6.45) is 17.5. The Morgan fingerprint density at radius 3 is 2.40 bits per heavy atom. The number of ether oxygens (including phenoxy) is 2. The van der Waals surface area contributed by atoms with Crippen molar-refractivity contribution < 1.29 is 19.1 Å². The van der Waals surface area contributed by atoms with Gasteiger partial charge in [-0.1, -0.05) is 53.9 Å². The van der Waals surface area contributed by atoms with E-state index in [0.717, 1.165) is 66.9 Å². The third-order valence-electron chi connectivity index (χ3n) is 12.7. The second-order valence-corrected chi connectivity index (χ2v) is 15.6. The molecule has 4 fully saturated rings. The standard InChI is InChI=1S/C37H56N2O4/c1-23(2)7-6-8-24(3)29-12-13-30-28-11-9-25-21-27(17-19-36(25,4)31(28)18-20-37(29,30)5)42-34(40)15-16-35(41)43-33-22-26(38)10-14-32(33)39/h10,14-16,22-25,27-31H,6-9,11-13,17-21,38-39H2,1-5H3. The van der Waals surface area contributed by atoms with E-state index in [2.05, 4.69) is 34.6 Å². The molecule has 4 saturated carbocycles. The van der Waals surface area contributed by atoms with Gasteiger partial charge in [-0.3, -0.25) is 0 Å². The van der Waals surface area contributed by atoms with Gasteiger partial charge in [0.15, 0.2) is 5.75 Å². The van der Waals surface area contributed by atoms with E-state index in [1.807, 2.05) is 0 Å². The number of hydrogen-bond acceptors (Lipinski definition) is 6. The Labute approximate surface area is 259 Å². The molecule has 1 aromatic rings. The van der Waals surface area contributed by atoms with Gasteiger partial charge in [-0.15, -0.1) is 0 Å². The molecule has 0 saturated heterocycles. The van der Waals surface area contributed by atoms with Crippen LogP contribution in [0.4, 0.5) is 11.4 Å². The van der Waals surface area contributed by atoms with Crippen LogP contribution < -0.4 is 16.2 Å². The zero-order valence-corrected chi connectivity index (χ0v) is 27.3. The van der Waals surface area contributed by atoms with Crippen LogP contribution in [0.15, 0.2) is 30.4 Å². The summed E-state index contributed by atoms with van der Waals surface area (Å²) in [6.45, 7) is 12.5. The minimum absolute atomic E-state index is 0.0937. The average Bonchev–Trinajstić information content (AvgIpc) is 3.31. The van der Waals surface area contributed by atoms with E-state index in [9.17, 15) is 9.59 Å². The van der Waals surface area contributed by atoms with Gasteiger partial charge in [0.2, 0.25) is 0 Å². The number of anilines is 2. The molecule has 1 aromatic carbocycles.